The van der Waals surface area contributed by atoms with Gasteiger partial charge in [-0.15, -0.1) is 0 Å². The third-order valence-electron chi connectivity index (χ3n) is 3.81. The van der Waals surface area contributed by atoms with Gasteiger partial charge in [-0.05, 0) is 32.0 Å². The Bertz CT molecular complexity index is 423. The molecule has 1 aliphatic heterocycles. The fourth-order valence-electron chi connectivity index (χ4n) is 2.61. The summed E-state index contributed by atoms with van der Waals surface area (Å²) in [6.07, 6.45) is 3.31. The van der Waals surface area contributed by atoms with Crippen LogP contribution in [0.5, 0.6) is 5.75 Å². The third kappa shape index (κ3) is 4.50. The van der Waals surface area contributed by atoms with E-state index in [1.807, 2.05) is 7.05 Å². The number of anilines is 1. The van der Waals surface area contributed by atoms with Gasteiger partial charge in [0.05, 0.1) is 12.8 Å². The summed E-state index contributed by atoms with van der Waals surface area (Å²) < 4.78 is 28.4. The molecule has 0 aliphatic carbocycles. The van der Waals surface area contributed by atoms with Crippen molar-refractivity contribution in [3.8, 4) is 5.75 Å². The van der Waals surface area contributed by atoms with Crippen molar-refractivity contribution in [3.63, 3.8) is 0 Å². The quantitative estimate of drug-likeness (QED) is 0.864. The Hall–Kier alpha value is -1.47. The van der Waals surface area contributed by atoms with Crippen molar-refractivity contribution in [2.45, 2.75) is 25.5 Å². The van der Waals surface area contributed by atoms with Crippen LogP contribution in [-0.4, -0.2) is 60.9 Å². The molecule has 2 heterocycles. The predicted molar refractivity (Wildman–Crippen MR) is 75.8 cm³/mol. The van der Waals surface area contributed by atoms with E-state index >= 15 is 0 Å². The lowest BCUT2D eigenvalue weighted by molar-refractivity contribution is -0.0500. The van der Waals surface area contributed by atoms with Gasteiger partial charge in [0.25, 0.3) is 0 Å². The Balaban J connectivity index is 1.87. The van der Waals surface area contributed by atoms with Gasteiger partial charge in [0, 0.05) is 25.7 Å². The second-order valence-corrected chi connectivity index (χ2v) is 5.15. The molecule has 1 aromatic rings. The summed E-state index contributed by atoms with van der Waals surface area (Å²) in [6.45, 7) is -0.243. The van der Waals surface area contributed by atoms with Crippen molar-refractivity contribution < 1.29 is 18.6 Å². The number of aromatic nitrogens is 1. The van der Waals surface area contributed by atoms with Crippen molar-refractivity contribution in [3.05, 3.63) is 18.3 Å². The van der Waals surface area contributed by atoms with Gasteiger partial charge in [0.1, 0.15) is 11.6 Å². The standard InChI is InChI=1S/C14H21F2N3O2/c1-18(8-9-20)11-4-6-19(7-5-11)13-3-2-12(10-17-13)21-14(15)16/h2-3,10-11,14,20H,4-9H2,1H3. The summed E-state index contributed by atoms with van der Waals surface area (Å²) in [4.78, 5) is 8.48. The van der Waals surface area contributed by atoms with Crippen LogP contribution in [0.4, 0.5) is 14.6 Å². The van der Waals surface area contributed by atoms with E-state index in [0.29, 0.717) is 12.6 Å². The van der Waals surface area contributed by atoms with Crippen LogP contribution in [0, 0.1) is 0 Å². The molecule has 7 heteroatoms. The van der Waals surface area contributed by atoms with Gasteiger partial charge in [-0.2, -0.15) is 8.78 Å². The van der Waals surface area contributed by atoms with E-state index < -0.39 is 6.61 Å². The molecule has 1 aliphatic rings. The number of likely N-dealkylation sites (N-methyl/N-ethyl adjacent to an activating group) is 1. The Labute approximate surface area is 123 Å². The molecular weight excluding hydrogens is 280 g/mol. The lowest BCUT2D eigenvalue weighted by Crippen LogP contribution is -2.44. The number of aliphatic hydroxyl groups excluding tert-OH is 1. The van der Waals surface area contributed by atoms with E-state index in [4.69, 9.17) is 5.11 Å². The largest absolute Gasteiger partial charge is 0.433 e. The Kier molecular flexibility index (Phi) is 5.69. The van der Waals surface area contributed by atoms with E-state index in [-0.39, 0.29) is 12.4 Å². The molecule has 118 valence electrons. The van der Waals surface area contributed by atoms with Gasteiger partial charge < -0.3 is 19.6 Å². The summed E-state index contributed by atoms with van der Waals surface area (Å²) in [7, 11) is 2.02. The zero-order chi connectivity index (χ0) is 15.2. The lowest BCUT2D eigenvalue weighted by Gasteiger charge is -2.37. The summed E-state index contributed by atoms with van der Waals surface area (Å²) >= 11 is 0. The molecule has 0 radical (unpaired) electrons. The molecule has 5 nitrogen and oxygen atoms in total. The SMILES string of the molecule is CN(CCO)C1CCN(c2ccc(OC(F)F)cn2)CC1. The highest BCUT2D eigenvalue weighted by molar-refractivity contribution is 5.41. The number of ether oxygens (including phenoxy) is 1. The summed E-state index contributed by atoms with van der Waals surface area (Å²) in [5, 5.41) is 8.96. The number of aliphatic hydroxyl groups is 1. The Morgan fingerprint density at radius 3 is 2.67 bits per heavy atom. The van der Waals surface area contributed by atoms with Gasteiger partial charge >= 0.3 is 6.61 Å². The minimum absolute atomic E-state index is 0.0753. The lowest BCUT2D eigenvalue weighted by atomic mass is 10.0. The smallest absolute Gasteiger partial charge is 0.387 e. The third-order valence-corrected chi connectivity index (χ3v) is 3.81. The molecular formula is C14H21F2N3O2. The average Bonchev–Trinajstić information content (AvgIpc) is 2.48. The maximum absolute atomic E-state index is 12.1. The van der Waals surface area contributed by atoms with Crippen LogP contribution in [0.1, 0.15) is 12.8 Å². The number of rotatable bonds is 6. The molecule has 0 amide bonds. The van der Waals surface area contributed by atoms with Crippen molar-refractivity contribution in [2.75, 3.05) is 38.2 Å². The Morgan fingerprint density at radius 2 is 2.14 bits per heavy atom. The van der Waals surface area contributed by atoms with Crippen molar-refractivity contribution >= 4 is 5.82 Å². The monoisotopic (exact) mass is 301 g/mol. The van der Waals surface area contributed by atoms with Gasteiger partial charge in [-0.25, -0.2) is 4.98 Å². The van der Waals surface area contributed by atoms with E-state index in [1.165, 1.54) is 12.3 Å². The van der Waals surface area contributed by atoms with Gasteiger partial charge in [0.15, 0.2) is 0 Å². The zero-order valence-electron chi connectivity index (χ0n) is 12.1. The number of hydrogen-bond acceptors (Lipinski definition) is 5. The second kappa shape index (κ2) is 7.51. The maximum atomic E-state index is 12.1. The van der Waals surface area contributed by atoms with Crippen LogP contribution in [0.25, 0.3) is 0 Å². The molecule has 0 aromatic carbocycles. The van der Waals surface area contributed by atoms with Crippen molar-refractivity contribution in [2.24, 2.45) is 0 Å². The van der Waals surface area contributed by atoms with Crippen molar-refractivity contribution in [1.82, 2.24) is 9.88 Å². The van der Waals surface area contributed by atoms with Crippen LogP contribution in [0.3, 0.4) is 0 Å². The van der Waals surface area contributed by atoms with Crippen LogP contribution in [0.2, 0.25) is 0 Å². The second-order valence-electron chi connectivity index (χ2n) is 5.15. The minimum Gasteiger partial charge on any atom is -0.433 e. The number of hydrogen-bond donors (Lipinski definition) is 1. The van der Waals surface area contributed by atoms with E-state index in [0.717, 1.165) is 31.7 Å². The van der Waals surface area contributed by atoms with Crippen LogP contribution < -0.4 is 9.64 Å². The first-order valence-electron chi connectivity index (χ1n) is 7.07. The molecule has 1 saturated heterocycles. The number of alkyl halides is 2. The van der Waals surface area contributed by atoms with E-state index in [1.54, 1.807) is 6.07 Å². The zero-order valence-corrected chi connectivity index (χ0v) is 12.1. The fraction of sp³-hybridized carbons (Fsp3) is 0.643. The maximum Gasteiger partial charge on any atom is 0.387 e. The van der Waals surface area contributed by atoms with Crippen molar-refractivity contribution in [1.29, 1.82) is 0 Å². The summed E-state index contributed by atoms with van der Waals surface area (Å²) in [5.74, 6) is 0.853. The number of halogens is 2. The topological polar surface area (TPSA) is 48.8 Å². The van der Waals surface area contributed by atoms with Crippen LogP contribution in [0.15, 0.2) is 18.3 Å². The highest BCUT2D eigenvalue weighted by Gasteiger charge is 2.22. The summed E-state index contributed by atoms with van der Waals surface area (Å²) in [6, 6.07) is 3.68. The summed E-state index contributed by atoms with van der Waals surface area (Å²) in [5.41, 5.74) is 0. The normalized spacial score (nSPS) is 16.8. The first kappa shape index (κ1) is 15.9. The molecule has 0 unspecified atom stereocenters. The molecule has 1 N–H and O–H groups in total. The van der Waals surface area contributed by atoms with E-state index in [2.05, 4.69) is 19.5 Å². The van der Waals surface area contributed by atoms with Crippen LogP contribution >= 0.6 is 0 Å². The molecule has 21 heavy (non-hydrogen) atoms. The highest BCUT2D eigenvalue weighted by atomic mass is 19.3. The molecule has 0 saturated carbocycles. The fourth-order valence-corrected chi connectivity index (χ4v) is 2.61. The number of piperidine rings is 1. The highest BCUT2D eigenvalue weighted by Crippen LogP contribution is 2.22. The molecule has 1 aromatic heterocycles. The predicted octanol–water partition coefficient (Wildman–Crippen LogP) is 1.58. The average molecular weight is 301 g/mol. The molecule has 1 fully saturated rings. The van der Waals surface area contributed by atoms with Gasteiger partial charge in [0.2, 0.25) is 0 Å². The first-order chi connectivity index (χ1) is 10.1. The molecule has 0 atom stereocenters. The van der Waals surface area contributed by atoms with Crippen LogP contribution in [-0.2, 0) is 0 Å². The molecule has 2 rings (SSSR count). The van der Waals surface area contributed by atoms with E-state index in [9.17, 15) is 8.78 Å². The molecule has 0 bridgehead atoms. The molecule has 0 spiro atoms. The number of pyridine rings is 1. The Morgan fingerprint density at radius 1 is 1.43 bits per heavy atom. The van der Waals surface area contributed by atoms with Gasteiger partial charge in [-0.3, -0.25) is 0 Å². The minimum atomic E-state index is -2.82. The van der Waals surface area contributed by atoms with Gasteiger partial charge in [-0.1, -0.05) is 0 Å². The number of nitrogens with zero attached hydrogens (tertiary/aromatic N) is 3. The first-order valence-corrected chi connectivity index (χ1v) is 7.07.